The Morgan fingerprint density at radius 3 is 2.04 bits per heavy atom. The van der Waals surface area contributed by atoms with Crippen molar-refractivity contribution in [2.24, 2.45) is 0 Å². The molecule has 290 valence electrons. The van der Waals surface area contributed by atoms with E-state index in [9.17, 15) is 47.8 Å². The number of carbonyl (C=O) groups excluding carboxylic acids is 5. The van der Waals surface area contributed by atoms with Crippen LogP contribution < -0.4 is 15.7 Å². The molecule has 0 aliphatic carbocycles. The third kappa shape index (κ3) is 10.7. The number of esters is 4. The summed E-state index contributed by atoms with van der Waals surface area (Å²) in [5.41, 5.74) is -0.703. The summed E-state index contributed by atoms with van der Waals surface area (Å²) in [6.07, 6.45) is -17.2. The molecule has 4 rings (SSSR count). The molecule has 1 aromatic carbocycles. The maximum Gasteiger partial charge on any atom is 0.413 e. The molecule has 2 fully saturated rings. The van der Waals surface area contributed by atoms with Crippen molar-refractivity contribution >= 4 is 35.8 Å². The molecule has 19 nitrogen and oxygen atoms in total. The summed E-state index contributed by atoms with van der Waals surface area (Å²) in [5.74, 6) is -3.29. The van der Waals surface area contributed by atoms with Crippen molar-refractivity contribution < 1.29 is 80.9 Å². The van der Waals surface area contributed by atoms with Crippen molar-refractivity contribution in [3.05, 3.63) is 52.6 Å². The second-order valence-corrected chi connectivity index (χ2v) is 11.7. The van der Waals surface area contributed by atoms with Gasteiger partial charge in [0.2, 0.25) is 12.4 Å². The number of aliphatic hydroxyl groups excluding tert-OH is 2. The molecule has 3 N–H and O–H groups in total. The average Bonchev–Trinajstić information content (AvgIpc) is 3.08. The number of hydrogen-bond donors (Lipinski definition) is 3. The molecule has 2 saturated heterocycles. The van der Waals surface area contributed by atoms with E-state index >= 15 is 0 Å². The maximum atomic E-state index is 14.5. The molecule has 6 unspecified atom stereocenters. The monoisotopic (exact) mass is 757 g/mol. The number of carbonyl (C=O) groups is 5. The molecule has 3 heterocycles. The average molecular weight is 758 g/mol. The Kier molecular flexibility index (Phi) is 13.8. The summed E-state index contributed by atoms with van der Waals surface area (Å²) in [7, 11) is 0. The first-order valence-electron chi connectivity index (χ1n) is 15.9. The zero-order valence-electron chi connectivity index (χ0n) is 28.6. The Morgan fingerprint density at radius 2 is 1.45 bits per heavy atom. The summed E-state index contributed by atoms with van der Waals surface area (Å²) in [5, 5.41) is 21.2. The maximum absolute atomic E-state index is 14.5. The summed E-state index contributed by atoms with van der Waals surface area (Å²) < 4.78 is 72.6. The van der Waals surface area contributed by atoms with Gasteiger partial charge in [-0.2, -0.15) is 4.98 Å². The van der Waals surface area contributed by atoms with Crippen molar-refractivity contribution in [2.75, 3.05) is 18.5 Å². The first-order valence-corrected chi connectivity index (χ1v) is 15.9. The molecular formula is C32H37F2N3O16. The lowest BCUT2D eigenvalue weighted by Gasteiger charge is -2.43. The second kappa shape index (κ2) is 18.0. The van der Waals surface area contributed by atoms with Gasteiger partial charge < -0.3 is 48.1 Å². The molecule has 0 spiro atoms. The van der Waals surface area contributed by atoms with Gasteiger partial charge in [-0.15, -0.1) is 0 Å². The SMILES string of the molecule is CC(=O)OCC1O[C@@H](Oc2ccc(COC(=O)Nc3ccn([C@@H]4O[C@H](CO)C(O)C(F)C4F)c(=O)n3)cc2)C(OC(C)=O)C(OC(C)=O)[C@H]1OC(C)=O. The second-order valence-electron chi connectivity index (χ2n) is 11.7. The van der Waals surface area contributed by atoms with Gasteiger partial charge in [-0.3, -0.25) is 29.1 Å². The van der Waals surface area contributed by atoms with Crippen molar-refractivity contribution in [1.82, 2.24) is 9.55 Å². The summed E-state index contributed by atoms with van der Waals surface area (Å²) in [6, 6.07) is 6.92. The van der Waals surface area contributed by atoms with Crippen LogP contribution in [0.3, 0.4) is 0 Å². The van der Waals surface area contributed by atoms with Gasteiger partial charge in [0.25, 0.3) is 0 Å². The Morgan fingerprint density at radius 1 is 0.830 bits per heavy atom. The molecule has 2 aliphatic heterocycles. The summed E-state index contributed by atoms with van der Waals surface area (Å²) >= 11 is 0. The number of hydrogen-bond acceptors (Lipinski definition) is 17. The number of halogens is 2. The van der Waals surface area contributed by atoms with Crippen LogP contribution in [0.2, 0.25) is 0 Å². The van der Waals surface area contributed by atoms with Crippen LogP contribution in [0.25, 0.3) is 0 Å². The molecule has 0 radical (unpaired) electrons. The fourth-order valence-electron chi connectivity index (χ4n) is 5.30. The van der Waals surface area contributed by atoms with Crippen LogP contribution in [0.1, 0.15) is 39.5 Å². The van der Waals surface area contributed by atoms with E-state index in [1.165, 1.54) is 24.3 Å². The number of benzene rings is 1. The standard InChI is InChI=1S/C32H37F2N3O16/c1-14(39)46-13-21-26(48-15(2)40)27(49-16(3)41)28(50-17(4)42)30(53-21)51-19-7-5-18(6-8-19)12-47-32(45)36-22-9-10-37(31(44)35-22)29-24(34)23(33)25(43)20(11-38)52-29/h5-10,20-21,23-30,38,43H,11-13H2,1-4H3,(H,35,36,44,45)/t20-,21?,23?,24?,25?,26+,27?,28?,29-,30-/m1/s1. The van der Waals surface area contributed by atoms with Gasteiger partial charge in [-0.05, 0) is 23.8 Å². The van der Waals surface area contributed by atoms with Gasteiger partial charge >= 0.3 is 35.7 Å². The minimum absolute atomic E-state index is 0.125. The van der Waals surface area contributed by atoms with Gasteiger partial charge in [-0.25, -0.2) is 18.4 Å². The quantitative estimate of drug-likeness (QED) is 0.196. The number of rotatable bonds is 12. The highest BCUT2D eigenvalue weighted by Crippen LogP contribution is 2.33. The molecule has 1 aromatic heterocycles. The number of ether oxygens (including phenoxy) is 8. The first-order chi connectivity index (χ1) is 25.1. The number of aliphatic hydroxyl groups is 2. The lowest BCUT2D eigenvalue weighted by atomic mass is 9.98. The predicted octanol–water partition coefficient (Wildman–Crippen LogP) is 0.381. The molecule has 0 saturated carbocycles. The van der Waals surface area contributed by atoms with E-state index in [4.69, 9.17) is 37.9 Å². The van der Waals surface area contributed by atoms with Gasteiger partial charge in [0.15, 0.2) is 30.8 Å². The van der Waals surface area contributed by atoms with E-state index in [0.717, 1.165) is 40.0 Å². The van der Waals surface area contributed by atoms with Crippen molar-refractivity contribution in [1.29, 1.82) is 0 Å². The van der Waals surface area contributed by atoms with E-state index in [-0.39, 0.29) is 18.2 Å². The zero-order chi connectivity index (χ0) is 39.0. The van der Waals surface area contributed by atoms with Gasteiger partial charge in [0.05, 0.1) is 6.61 Å². The van der Waals surface area contributed by atoms with Crippen LogP contribution in [-0.2, 0) is 58.9 Å². The Bertz CT molecular complexity index is 1690. The predicted molar refractivity (Wildman–Crippen MR) is 168 cm³/mol. The number of nitrogens with one attached hydrogen (secondary N) is 1. The van der Waals surface area contributed by atoms with E-state index < -0.39 is 110 Å². The van der Waals surface area contributed by atoms with Gasteiger partial charge in [-0.1, -0.05) is 12.1 Å². The Labute approximate surface area is 299 Å². The fraction of sp³-hybridized carbons (Fsp3) is 0.531. The summed E-state index contributed by atoms with van der Waals surface area (Å²) in [4.78, 5) is 76.1. The van der Waals surface area contributed by atoms with Crippen LogP contribution in [0.15, 0.2) is 41.3 Å². The smallest absolute Gasteiger partial charge is 0.413 e. The highest BCUT2D eigenvalue weighted by Gasteiger charge is 2.53. The largest absolute Gasteiger partial charge is 0.463 e. The van der Waals surface area contributed by atoms with Crippen molar-refractivity contribution in [2.45, 2.75) is 95.8 Å². The third-order valence-electron chi connectivity index (χ3n) is 7.61. The van der Waals surface area contributed by atoms with E-state index in [1.807, 2.05) is 0 Å². The van der Waals surface area contributed by atoms with Crippen LogP contribution >= 0.6 is 0 Å². The molecule has 1 amide bonds. The molecule has 0 bridgehead atoms. The number of alkyl halides is 2. The molecule has 10 atom stereocenters. The van der Waals surface area contributed by atoms with E-state index in [1.54, 1.807) is 0 Å². The van der Waals surface area contributed by atoms with Crippen molar-refractivity contribution in [3.8, 4) is 5.75 Å². The third-order valence-corrected chi connectivity index (χ3v) is 7.61. The number of aromatic nitrogens is 2. The molecule has 53 heavy (non-hydrogen) atoms. The molecular weight excluding hydrogens is 720 g/mol. The minimum Gasteiger partial charge on any atom is -0.463 e. The highest BCUT2D eigenvalue weighted by molar-refractivity contribution is 5.83. The first kappa shape index (κ1) is 40.5. The lowest BCUT2D eigenvalue weighted by molar-refractivity contribution is -0.288. The Hall–Kier alpha value is -5.25. The fourth-order valence-corrected chi connectivity index (χ4v) is 5.30. The van der Waals surface area contributed by atoms with Gasteiger partial charge in [0, 0.05) is 33.9 Å². The normalized spacial score (nSPS) is 28.2. The summed E-state index contributed by atoms with van der Waals surface area (Å²) in [6.45, 7) is 2.79. The zero-order valence-corrected chi connectivity index (χ0v) is 28.6. The number of anilines is 1. The van der Waals surface area contributed by atoms with E-state index in [2.05, 4.69) is 10.3 Å². The minimum atomic E-state index is -2.46. The number of amides is 1. The van der Waals surface area contributed by atoms with Crippen LogP contribution in [0.4, 0.5) is 19.4 Å². The number of nitrogens with zero attached hydrogens (tertiary/aromatic N) is 2. The molecule has 21 heteroatoms. The van der Waals surface area contributed by atoms with Crippen molar-refractivity contribution in [3.63, 3.8) is 0 Å². The topological polar surface area (TPSA) is 247 Å². The Balaban J connectivity index is 1.41. The van der Waals surface area contributed by atoms with Crippen LogP contribution in [0, 0.1) is 0 Å². The van der Waals surface area contributed by atoms with Gasteiger partial charge in [0.1, 0.15) is 43.1 Å². The lowest BCUT2D eigenvalue weighted by Crippen LogP contribution is -2.63. The van der Waals surface area contributed by atoms with E-state index in [0.29, 0.717) is 10.1 Å². The molecule has 2 aromatic rings. The van der Waals surface area contributed by atoms with Crippen LogP contribution in [-0.4, -0.2) is 118 Å². The highest BCUT2D eigenvalue weighted by atomic mass is 19.2. The molecule has 2 aliphatic rings. The van der Waals surface area contributed by atoms with Crippen LogP contribution in [0.5, 0.6) is 5.75 Å².